The van der Waals surface area contributed by atoms with Crippen molar-refractivity contribution < 1.29 is 17.9 Å². The van der Waals surface area contributed by atoms with Gasteiger partial charge in [0.2, 0.25) is 10.0 Å². The zero-order valence-corrected chi connectivity index (χ0v) is 19.8. The Hall–Kier alpha value is -2.68. The molecule has 2 heterocycles. The number of fused-ring (bicyclic) bond motifs is 1. The van der Waals surface area contributed by atoms with E-state index in [1.807, 2.05) is 49.4 Å². The van der Waals surface area contributed by atoms with Crippen LogP contribution in [-0.2, 0) is 29.4 Å². The summed E-state index contributed by atoms with van der Waals surface area (Å²) >= 11 is 1.15. The average Bonchev–Trinajstić information content (AvgIpc) is 3.30. The van der Waals surface area contributed by atoms with E-state index in [1.54, 1.807) is 12.5 Å². The first-order valence-electron chi connectivity index (χ1n) is 10.5. The van der Waals surface area contributed by atoms with Crippen LogP contribution in [-0.4, -0.2) is 38.8 Å². The summed E-state index contributed by atoms with van der Waals surface area (Å²) in [5.41, 5.74) is 4.30. The fourth-order valence-electron chi connectivity index (χ4n) is 3.97. The maximum atomic E-state index is 13.3. The molecule has 0 saturated carbocycles. The van der Waals surface area contributed by atoms with Crippen molar-refractivity contribution in [1.82, 2.24) is 9.62 Å². The smallest absolute Gasteiger partial charge is 0.262 e. The molecule has 0 spiro atoms. The van der Waals surface area contributed by atoms with Crippen LogP contribution in [0, 0.1) is 6.92 Å². The van der Waals surface area contributed by atoms with Crippen LogP contribution in [0.2, 0.25) is 0 Å². The molecule has 0 unspecified atom stereocenters. The topological polar surface area (TPSA) is 75.7 Å². The molecule has 0 bridgehead atoms. The van der Waals surface area contributed by atoms with Gasteiger partial charge >= 0.3 is 0 Å². The predicted molar refractivity (Wildman–Crippen MR) is 126 cm³/mol. The predicted octanol–water partition coefficient (Wildman–Crippen LogP) is 3.78. The summed E-state index contributed by atoms with van der Waals surface area (Å²) < 4.78 is 33.5. The molecule has 0 atom stereocenters. The van der Waals surface area contributed by atoms with E-state index in [-0.39, 0.29) is 15.7 Å². The second kappa shape index (κ2) is 9.44. The number of thiophene rings is 1. The highest BCUT2D eigenvalue weighted by atomic mass is 32.2. The van der Waals surface area contributed by atoms with Crippen LogP contribution in [0.1, 0.15) is 31.9 Å². The maximum absolute atomic E-state index is 13.3. The number of carbonyl (C=O) groups is 1. The molecule has 1 amide bonds. The van der Waals surface area contributed by atoms with Gasteiger partial charge in [-0.3, -0.25) is 4.79 Å². The minimum Gasteiger partial charge on any atom is -0.496 e. The average molecular weight is 471 g/mol. The molecule has 1 aromatic heterocycles. The number of benzene rings is 2. The minimum atomic E-state index is -3.77. The summed E-state index contributed by atoms with van der Waals surface area (Å²) in [7, 11) is -2.15. The Kier molecular flexibility index (Phi) is 6.64. The van der Waals surface area contributed by atoms with Gasteiger partial charge in [-0.25, -0.2) is 8.42 Å². The molecule has 6 nitrogen and oxygen atoms in total. The van der Waals surface area contributed by atoms with Crippen LogP contribution in [0.5, 0.6) is 5.75 Å². The van der Waals surface area contributed by atoms with Gasteiger partial charge < -0.3 is 10.1 Å². The zero-order valence-electron chi connectivity index (χ0n) is 18.1. The molecule has 1 N–H and O–H groups in total. The number of carbonyl (C=O) groups excluding carboxylic acids is 1. The van der Waals surface area contributed by atoms with Gasteiger partial charge in [0.05, 0.1) is 7.11 Å². The van der Waals surface area contributed by atoms with E-state index < -0.39 is 10.0 Å². The second-order valence-corrected chi connectivity index (χ2v) is 10.6. The van der Waals surface area contributed by atoms with E-state index in [0.29, 0.717) is 32.5 Å². The Morgan fingerprint density at radius 3 is 2.72 bits per heavy atom. The number of aryl methyl sites for hydroxylation is 1. The molecule has 8 heteroatoms. The van der Waals surface area contributed by atoms with Crippen molar-refractivity contribution in [3.8, 4) is 5.75 Å². The van der Waals surface area contributed by atoms with E-state index in [4.69, 9.17) is 4.74 Å². The highest BCUT2D eigenvalue weighted by Crippen LogP contribution is 2.29. The number of sulfonamides is 1. The van der Waals surface area contributed by atoms with Crippen LogP contribution in [0.25, 0.3) is 0 Å². The van der Waals surface area contributed by atoms with Crippen molar-refractivity contribution >= 4 is 27.3 Å². The molecule has 0 aliphatic carbocycles. The highest BCUT2D eigenvalue weighted by Gasteiger charge is 2.32. The van der Waals surface area contributed by atoms with Crippen LogP contribution < -0.4 is 10.1 Å². The lowest BCUT2D eigenvalue weighted by Gasteiger charge is -2.28. The van der Waals surface area contributed by atoms with Crippen molar-refractivity contribution in [1.29, 1.82) is 0 Å². The lowest BCUT2D eigenvalue weighted by atomic mass is 10.0. The van der Waals surface area contributed by atoms with Gasteiger partial charge in [-0.2, -0.15) is 4.31 Å². The molecular weight excluding hydrogens is 444 g/mol. The molecule has 0 fully saturated rings. The lowest BCUT2D eigenvalue weighted by molar-refractivity contribution is 0.0955. The Morgan fingerprint density at radius 1 is 1.16 bits per heavy atom. The maximum Gasteiger partial charge on any atom is 0.262 e. The molecule has 1 aliphatic rings. The Bertz CT molecular complexity index is 1230. The minimum absolute atomic E-state index is 0.0764. The van der Waals surface area contributed by atoms with Gasteiger partial charge in [-0.15, -0.1) is 11.3 Å². The molecule has 168 valence electrons. The van der Waals surface area contributed by atoms with Gasteiger partial charge in [0.25, 0.3) is 5.91 Å². The lowest BCUT2D eigenvalue weighted by Crippen LogP contribution is -2.37. The fraction of sp³-hybridized carbons (Fsp3) is 0.292. The van der Waals surface area contributed by atoms with Gasteiger partial charge in [-0.1, -0.05) is 42.0 Å². The van der Waals surface area contributed by atoms with E-state index >= 15 is 0 Å². The van der Waals surface area contributed by atoms with Crippen molar-refractivity contribution in [2.75, 3.05) is 20.2 Å². The Labute approximate surface area is 192 Å². The molecule has 2 aromatic carbocycles. The molecule has 3 aromatic rings. The van der Waals surface area contributed by atoms with Crippen molar-refractivity contribution in [3.63, 3.8) is 0 Å². The summed E-state index contributed by atoms with van der Waals surface area (Å²) in [4.78, 5) is 13.1. The number of hydrogen-bond donors (Lipinski definition) is 1. The number of rotatable bonds is 7. The summed E-state index contributed by atoms with van der Waals surface area (Å²) in [6.07, 6.45) is 1.26. The monoisotopic (exact) mass is 470 g/mol. The number of methoxy groups -OCH3 is 1. The zero-order chi connectivity index (χ0) is 22.7. The number of ether oxygens (including phenoxy) is 1. The third kappa shape index (κ3) is 4.57. The number of amides is 1. The Morgan fingerprint density at radius 2 is 1.94 bits per heavy atom. The van der Waals surface area contributed by atoms with E-state index in [9.17, 15) is 13.2 Å². The highest BCUT2D eigenvalue weighted by molar-refractivity contribution is 7.89. The van der Waals surface area contributed by atoms with Gasteiger partial charge in [0, 0.05) is 19.6 Å². The van der Waals surface area contributed by atoms with Gasteiger partial charge in [-0.05, 0) is 54.0 Å². The number of nitrogens with one attached hydrogen (secondary N) is 1. The summed E-state index contributed by atoms with van der Waals surface area (Å²) in [6, 6.07) is 15.3. The molecule has 32 heavy (non-hydrogen) atoms. The van der Waals surface area contributed by atoms with Crippen LogP contribution >= 0.6 is 11.3 Å². The standard InChI is InChI=1S/C24H26N2O4S2/c1-17-7-8-21(30-2)19(15-17)9-12-25-24(27)23-22(11-14-31-23)32(28,29)26-13-10-18-5-3-4-6-20(18)16-26/h3-8,11,14-15H,9-10,12-13,16H2,1-2H3,(H,25,27). The third-order valence-electron chi connectivity index (χ3n) is 5.66. The first-order valence-corrected chi connectivity index (χ1v) is 12.8. The van der Waals surface area contributed by atoms with E-state index in [0.717, 1.165) is 33.8 Å². The normalized spacial score (nSPS) is 14.1. The first kappa shape index (κ1) is 22.5. The largest absolute Gasteiger partial charge is 0.496 e. The summed E-state index contributed by atoms with van der Waals surface area (Å²) in [5, 5.41) is 4.52. The van der Waals surface area contributed by atoms with E-state index in [2.05, 4.69) is 5.32 Å². The summed E-state index contributed by atoms with van der Waals surface area (Å²) in [6.45, 7) is 3.11. The number of nitrogens with zero attached hydrogens (tertiary/aromatic N) is 1. The molecule has 4 rings (SSSR count). The number of hydrogen-bond acceptors (Lipinski definition) is 5. The van der Waals surface area contributed by atoms with Crippen molar-refractivity contribution in [2.24, 2.45) is 0 Å². The fourth-order valence-corrected chi connectivity index (χ4v) is 6.71. The van der Waals surface area contributed by atoms with Gasteiger partial charge in [0.15, 0.2) is 0 Å². The van der Waals surface area contributed by atoms with E-state index in [1.165, 1.54) is 15.9 Å². The SMILES string of the molecule is COc1ccc(C)cc1CCNC(=O)c1sccc1S(=O)(=O)N1CCc2ccccc2C1. The quantitative estimate of drug-likeness (QED) is 0.570. The third-order valence-corrected chi connectivity index (χ3v) is 8.59. The van der Waals surface area contributed by atoms with Crippen molar-refractivity contribution in [2.45, 2.75) is 31.2 Å². The van der Waals surface area contributed by atoms with Crippen molar-refractivity contribution in [3.05, 3.63) is 81.0 Å². The summed E-state index contributed by atoms with van der Waals surface area (Å²) in [5.74, 6) is 0.400. The van der Waals surface area contributed by atoms with Crippen LogP contribution in [0.15, 0.2) is 58.8 Å². The van der Waals surface area contributed by atoms with Crippen LogP contribution in [0.4, 0.5) is 0 Å². The molecule has 0 radical (unpaired) electrons. The molecule has 0 saturated heterocycles. The first-order chi connectivity index (χ1) is 15.4. The second-order valence-electron chi connectivity index (χ2n) is 7.79. The van der Waals surface area contributed by atoms with Gasteiger partial charge in [0.1, 0.15) is 15.5 Å². The van der Waals surface area contributed by atoms with Crippen LogP contribution in [0.3, 0.4) is 0 Å². The molecular formula is C24H26N2O4S2. The molecule has 1 aliphatic heterocycles. The Balaban J connectivity index is 1.46.